The Kier molecular flexibility index (Phi) is 12.2. The molecule has 0 saturated carbocycles. The Morgan fingerprint density at radius 1 is 0.281 bits per heavy atom. The van der Waals surface area contributed by atoms with Crippen LogP contribution < -0.4 is 9.97 Å². The van der Waals surface area contributed by atoms with Gasteiger partial charge in [-0.15, -0.1) is 59.3 Å². The number of para-hydroxylation sites is 2. The molecule has 0 unspecified atom stereocenters. The molecule has 0 radical (unpaired) electrons. The number of aromatic nitrogens is 8. The van der Waals surface area contributed by atoms with E-state index < -0.39 is 0 Å². The fourth-order valence-electron chi connectivity index (χ4n) is 8.22. The van der Waals surface area contributed by atoms with Crippen molar-refractivity contribution in [1.29, 1.82) is 0 Å². The van der Waals surface area contributed by atoms with Gasteiger partial charge in [-0.05, 0) is 43.4 Å². The van der Waals surface area contributed by atoms with Crippen LogP contribution in [0.3, 0.4) is 0 Å². The van der Waals surface area contributed by atoms with Crippen LogP contribution >= 0.6 is 0 Å². The van der Waals surface area contributed by atoms with Crippen LogP contribution in [-0.4, -0.2) is 29.9 Å². The van der Waals surface area contributed by atoms with E-state index in [0.717, 1.165) is 76.7 Å². The number of hydrogen-bond acceptors (Lipinski definition) is 6. The van der Waals surface area contributed by atoms with E-state index in [-0.39, 0.29) is 40.8 Å². The van der Waals surface area contributed by atoms with Gasteiger partial charge in [-0.25, -0.2) is 0 Å². The van der Waals surface area contributed by atoms with Crippen molar-refractivity contribution in [2.45, 2.75) is 0 Å². The van der Waals surface area contributed by atoms with E-state index in [1.54, 1.807) is 37.2 Å². The Morgan fingerprint density at radius 2 is 0.625 bits per heavy atom. The molecule has 0 spiro atoms. The molecule has 0 aliphatic carbocycles. The van der Waals surface area contributed by atoms with E-state index in [1.807, 2.05) is 84.9 Å². The maximum Gasteiger partial charge on any atom is 2.00 e. The molecular weight excluding hydrogens is 973 g/mol. The zero-order valence-corrected chi connectivity index (χ0v) is 36.8. The molecule has 0 atom stereocenters. The third kappa shape index (κ3) is 7.75. The first-order valence-corrected chi connectivity index (χ1v) is 20.2. The predicted octanol–water partition coefficient (Wildman–Crippen LogP) is 12.2. The van der Waals surface area contributed by atoms with E-state index in [2.05, 4.69) is 125 Å². The van der Waals surface area contributed by atoms with Crippen LogP contribution in [0.2, 0.25) is 0 Å². The van der Waals surface area contributed by atoms with Gasteiger partial charge in [0.25, 0.3) is 0 Å². The maximum absolute atomic E-state index is 4.48. The van der Waals surface area contributed by atoms with E-state index in [4.69, 9.17) is 0 Å². The second-order valence-electron chi connectivity index (χ2n) is 14.5. The van der Waals surface area contributed by atoms with Crippen molar-refractivity contribution in [3.8, 4) is 0 Å². The minimum Gasteiger partial charge on any atom is -0.442 e. The summed E-state index contributed by atoms with van der Waals surface area (Å²) in [7, 11) is 0. The Balaban J connectivity index is 0.000000108. The van der Waals surface area contributed by atoms with E-state index in [0.29, 0.717) is 0 Å². The van der Waals surface area contributed by atoms with Crippen molar-refractivity contribution >= 4 is 109 Å². The Labute approximate surface area is 394 Å². The van der Waals surface area contributed by atoms with Gasteiger partial charge in [0.05, 0.1) is 11.0 Å². The molecule has 8 aromatic carbocycles. The number of fused-ring (bicyclic) bond motifs is 18. The van der Waals surface area contributed by atoms with Gasteiger partial charge in [0.2, 0.25) is 0 Å². The molecule has 0 amide bonds. The number of pyridine rings is 2. The largest absolute Gasteiger partial charge is 2.00 e. The number of hydrogen-bond donors (Lipinski definition) is 0. The summed E-state index contributed by atoms with van der Waals surface area (Å²) in [6, 6.07) is 59.5. The fourth-order valence-corrected chi connectivity index (χ4v) is 8.22. The third-order valence-corrected chi connectivity index (χ3v) is 10.9. The molecule has 0 fully saturated rings. The average molecular weight is 1010 g/mol. The fraction of sp³-hybridized carbons (Fsp3) is 0. The van der Waals surface area contributed by atoms with E-state index >= 15 is 0 Å². The minimum absolute atomic E-state index is 0. The van der Waals surface area contributed by atoms with Gasteiger partial charge in [-0.1, -0.05) is 167 Å². The van der Waals surface area contributed by atoms with Gasteiger partial charge in [0.1, 0.15) is 0 Å². The molecule has 0 saturated heterocycles. The summed E-state index contributed by atoms with van der Waals surface area (Å²) in [4.78, 5) is 35.1. The molecule has 10 heteroatoms. The SMILES string of the molecule is [Pd+2].[Pd+2].[c-]1cccc2c1c1nccnc1c1ccccc21.[c-]1cccc2c1c1nccnc1c1ccccc21.c1ccc2c(c1)[n-]c1ncccc12.c1ccc2c(c1)[n-]c1ncccc12. The van der Waals surface area contributed by atoms with Crippen LogP contribution in [-0.2, 0) is 40.8 Å². The molecule has 0 N–H and O–H groups in total. The second kappa shape index (κ2) is 18.6. The summed E-state index contributed by atoms with van der Waals surface area (Å²) in [5.41, 5.74) is 7.46. The number of rotatable bonds is 0. The maximum atomic E-state index is 4.48. The first kappa shape index (κ1) is 42.0. The van der Waals surface area contributed by atoms with Crippen molar-refractivity contribution in [2.24, 2.45) is 0 Å². The van der Waals surface area contributed by atoms with Crippen molar-refractivity contribution in [3.63, 3.8) is 0 Å². The van der Waals surface area contributed by atoms with Gasteiger partial charge in [0.15, 0.2) is 0 Å². The van der Waals surface area contributed by atoms with Crippen LogP contribution in [0.5, 0.6) is 0 Å². The molecular formula is C54H32N8Pd2. The van der Waals surface area contributed by atoms with Gasteiger partial charge >= 0.3 is 40.8 Å². The van der Waals surface area contributed by atoms with Crippen molar-refractivity contribution in [3.05, 3.63) is 207 Å². The topological polar surface area (TPSA) is 106 Å². The zero-order chi connectivity index (χ0) is 41.2. The zero-order valence-electron chi connectivity index (χ0n) is 33.7. The molecule has 64 heavy (non-hydrogen) atoms. The molecule has 0 aliphatic heterocycles. The Hall–Kier alpha value is -7.30. The summed E-state index contributed by atoms with van der Waals surface area (Å²) in [6.45, 7) is 0. The van der Waals surface area contributed by atoms with Crippen LogP contribution in [0.15, 0.2) is 195 Å². The first-order valence-electron chi connectivity index (χ1n) is 20.2. The predicted molar refractivity (Wildman–Crippen MR) is 252 cm³/mol. The van der Waals surface area contributed by atoms with Crippen molar-refractivity contribution < 1.29 is 40.8 Å². The summed E-state index contributed by atoms with van der Waals surface area (Å²) in [5.74, 6) is 0. The third-order valence-electron chi connectivity index (χ3n) is 10.9. The monoisotopic (exact) mass is 1000 g/mol. The molecule has 308 valence electrons. The summed E-state index contributed by atoms with van der Waals surface area (Å²) >= 11 is 0. The molecule has 8 nitrogen and oxygen atoms in total. The van der Waals surface area contributed by atoms with Gasteiger partial charge in [-0.2, -0.15) is 0 Å². The summed E-state index contributed by atoms with van der Waals surface area (Å²) < 4.78 is 0. The number of nitrogens with zero attached hydrogens (tertiary/aromatic N) is 8. The molecule has 14 rings (SSSR count). The van der Waals surface area contributed by atoms with Crippen LogP contribution in [0.4, 0.5) is 0 Å². The molecule has 14 aromatic rings. The quantitative estimate of drug-likeness (QED) is 0.0840. The molecule has 0 bridgehead atoms. The Bertz CT molecular complexity index is 3120. The first-order chi connectivity index (χ1) is 30.8. The van der Waals surface area contributed by atoms with Gasteiger partial charge in [-0.3, -0.25) is 9.97 Å². The number of benzene rings is 8. The summed E-state index contributed by atoms with van der Waals surface area (Å²) in [6.07, 6.45) is 10.5. The summed E-state index contributed by atoms with van der Waals surface area (Å²) in [5, 5.41) is 13.8. The van der Waals surface area contributed by atoms with Gasteiger partial charge < -0.3 is 29.9 Å². The van der Waals surface area contributed by atoms with Crippen molar-refractivity contribution in [1.82, 2.24) is 39.9 Å². The molecule has 6 aromatic heterocycles. The standard InChI is InChI=1S/2C16H9N2.2C11H7N2.2Pd/c2*1-3-7-13-11(5-1)12-6-2-4-8-14(12)16-15(13)17-9-10-18-16;2*1-2-6-10-8(4-1)9-5-3-7-12-11(9)13-10;;/h2*1-7,9-10H;2*1-7H;;/q4*-1;2*+2. The van der Waals surface area contributed by atoms with E-state index in [1.165, 1.54) is 32.3 Å². The van der Waals surface area contributed by atoms with Crippen LogP contribution in [0.25, 0.3) is 109 Å². The van der Waals surface area contributed by atoms with Crippen molar-refractivity contribution in [2.75, 3.05) is 0 Å². The normalized spacial score (nSPS) is 10.9. The Morgan fingerprint density at radius 3 is 1.06 bits per heavy atom. The molecule has 0 aliphatic rings. The van der Waals surface area contributed by atoms with Crippen LogP contribution in [0.1, 0.15) is 0 Å². The smallest absolute Gasteiger partial charge is 0.442 e. The van der Waals surface area contributed by atoms with Crippen LogP contribution in [0, 0.1) is 12.1 Å². The minimum atomic E-state index is 0. The second-order valence-corrected chi connectivity index (χ2v) is 14.5. The molecule has 6 heterocycles. The average Bonchev–Trinajstić information content (AvgIpc) is 3.94. The van der Waals surface area contributed by atoms with E-state index in [9.17, 15) is 0 Å². The van der Waals surface area contributed by atoms with Gasteiger partial charge in [0, 0.05) is 35.8 Å².